The van der Waals surface area contributed by atoms with Crippen LogP contribution in [0, 0.1) is 0 Å². The molecule has 1 aromatic heterocycles. The van der Waals surface area contributed by atoms with Crippen molar-refractivity contribution in [2.75, 3.05) is 6.61 Å². The van der Waals surface area contributed by atoms with Gasteiger partial charge in [0, 0.05) is 11.5 Å². The van der Waals surface area contributed by atoms with Crippen LogP contribution < -0.4 is 5.73 Å². The van der Waals surface area contributed by atoms with Gasteiger partial charge in [0.1, 0.15) is 12.6 Å². The first-order valence-electron chi connectivity index (χ1n) is 4.29. The van der Waals surface area contributed by atoms with Crippen molar-refractivity contribution >= 4 is 17.3 Å². The second-order valence-corrected chi connectivity index (χ2v) is 3.84. The molecular weight excluding hydrogens is 202 g/mol. The number of ether oxygens (including phenoxy) is 1. The van der Waals surface area contributed by atoms with Gasteiger partial charge in [0.25, 0.3) is 0 Å². The van der Waals surface area contributed by atoms with Gasteiger partial charge in [-0.3, -0.25) is 4.79 Å². The summed E-state index contributed by atoms with van der Waals surface area (Å²) in [4.78, 5) is 12.2. The number of rotatable bonds is 5. The molecule has 3 N–H and O–H groups in total. The van der Waals surface area contributed by atoms with E-state index >= 15 is 0 Å². The Morgan fingerprint density at radius 2 is 2.50 bits per heavy atom. The van der Waals surface area contributed by atoms with Crippen LogP contribution in [0.2, 0.25) is 0 Å². The highest BCUT2D eigenvalue weighted by molar-refractivity contribution is 7.09. The molecule has 4 nitrogen and oxygen atoms in total. The Balaban J connectivity index is 2.27. The molecule has 0 radical (unpaired) electrons. The predicted octanol–water partition coefficient (Wildman–Crippen LogP) is 0.501. The molecule has 0 spiro atoms. The van der Waals surface area contributed by atoms with Crippen molar-refractivity contribution in [3.05, 3.63) is 22.4 Å². The molecule has 0 aliphatic carbocycles. The number of hydrogen-bond acceptors (Lipinski definition) is 5. The molecule has 0 bridgehead atoms. The Labute approximate surface area is 86.3 Å². The average molecular weight is 215 g/mol. The maximum absolute atomic E-state index is 11.2. The highest BCUT2D eigenvalue weighted by Gasteiger charge is 2.14. The maximum Gasteiger partial charge on any atom is 0.323 e. The van der Waals surface area contributed by atoms with Crippen molar-refractivity contribution in [1.29, 1.82) is 0 Å². The minimum Gasteiger partial charge on any atom is -0.459 e. The number of esters is 1. The van der Waals surface area contributed by atoms with Gasteiger partial charge >= 0.3 is 5.97 Å². The van der Waals surface area contributed by atoms with Crippen molar-refractivity contribution < 1.29 is 14.6 Å². The highest BCUT2D eigenvalue weighted by atomic mass is 32.1. The fourth-order valence-electron chi connectivity index (χ4n) is 0.901. The summed E-state index contributed by atoms with van der Waals surface area (Å²) in [6.07, 6.45) is 0.239. The monoisotopic (exact) mass is 215 g/mol. The summed E-state index contributed by atoms with van der Waals surface area (Å²) in [6.45, 7) is 0.158. The van der Waals surface area contributed by atoms with Gasteiger partial charge in [-0.1, -0.05) is 6.07 Å². The van der Waals surface area contributed by atoms with Gasteiger partial charge in [0.2, 0.25) is 0 Å². The smallest absolute Gasteiger partial charge is 0.323 e. The van der Waals surface area contributed by atoms with Crippen LogP contribution in [-0.4, -0.2) is 23.7 Å². The average Bonchev–Trinajstić information content (AvgIpc) is 2.67. The summed E-state index contributed by atoms with van der Waals surface area (Å²) < 4.78 is 4.94. The fraction of sp³-hybridized carbons (Fsp3) is 0.444. The van der Waals surface area contributed by atoms with Gasteiger partial charge < -0.3 is 15.6 Å². The molecule has 0 unspecified atom stereocenters. The van der Waals surface area contributed by atoms with Crippen LogP contribution in [-0.2, 0) is 16.1 Å². The van der Waals surface area contributed by atoms with E-state index in [0.29, 0.717) is 0 Å². The van der Waals surface area contributed by atoms with E-state index in [1.54, 1.807) is 0 Å². The number of nitrogens with two attached hydrogens (primary N) is 1. The maximum atomic E-state index is 11.2. The van der Waals surface area contributed by atoms with Crippen LogP contribution in [0.3, 0.4) is 0 Å². The topological polar surface area (TPSA) is 72.5 Å². The van der Waals surface area contributed by atoms with Crippen molar-refractivity contribution in [3.8, 4) is 0 Å². The molecule has 0 aliphatic heterocycles. The molecule has 0 amide bonds. The van der Waals surface area contributed by atoms with Crippen LogP contribution in [0.15, 0.2) is 17.5 Å². The third kappa shape index (κ3) is 3.45. The molecule has 0 aromatic carbocycles. The van der Waals surface area contributed by atoms with Crippen molar-refractivity contribution in [3.63, 3.8) is 0 Å². The molecule has 1 heterocycles. The Morgan fingerprint density at radius 1 is 1.71 bits per heavy atom. The summed E-state index contributed by atoms with van der Waals surface area (Å²) in [7, 11) is 0. The molecule has 1 atom stereocenters. The van der Waals surface area contributed by atoms with Crippen molar-refractivity contribution in [2.24, 2.45) is 5.73 Å². The van der Waals surface area contributed by atoms with Crippen molar-refractivity contribution in [1.82, 2.24) is 0 Å². The molecule has 1 rings (SSSR count). The molecule has 14 heavy (non-hydrogen) atoms. The highest BCUT2D eigenvalue weighted by Crippen LogP contribution is 2.10. The van der Waals surface area contributed by atoms with E-state index < -0.39 is 12.0 Å². The van der Waals surface area contributed by atoms with Gasteiger partial charge in [0.15, 0.2) is 0 Å². The Bertz CT molecular complexity index is 274. The molecular formula is C9H13NO3S. The van der Waals surface area contributed by atoms with Crippen LogP contribution in [0.4, 0.5) is 0 Å². The number of thiophene rings is 1. The van der Waals surface area contributed by atoms with Crippen LogP contribution in [0.25, 0.3) is 0 Å². The fourth-order valence-corrected chi connectivity index (χ4v) is 1.52. The number of aliphatic hydroxyl groups excluding tert-OH is 1. The Morgan fingerprint density at radius 3 is 3.07 bits per heavy atom. The van der Waals surface area contributed by atoms with Gasteiger partial charge in [-0.25, -0.2) is 0 Å². The van der Waals surface area contributed by atoms with Crippen LogP contribution in [0.1, 0.15) is 11.3 Å². The van der Waals surface area contributed by atoms with E-state index in [-0.39, 0.29) is 19.6 Å². The number of aliphatic hydroxyl groups is 1. The number of hydrogen-bond donors (Lipinski definition) is 2. The summed E-state index contributed by atoms with van der Waals surface area (Å²) in [5.74, 6) is -0.465. The molecule has 1 aromatic rings. The summed E-state index contributed by atoms with van der Waals surface area (Å²) in [5.41, 5.74) is 5.44. The molecule has 5 heteroatoms. The molecule has 0 saturated carbocycles. The molecule has 78 valence electrons. The van der Waals surface area contributed by atoms with E-state index in [1.165, 1.54) is 11.3 Å². The normalized spacial score (nSPS) is 12.4. The standard InChI is InChI=1S/C9H13NO3S/c10-8(3-4-11)9(12)13-6-7-2-1-5-14-7/h1-2,5,8,11H,3-4,6,10H2/t8-/m1/s1. The lowest BCUT2D eigenvalue weighted by Gasteiger charge is -2.08. The minimum atomic E-state index is -0.722. The summed E-state index contributed by atoms with van der Waals surface area (Å²) >= 11 is 1.52. The lowest BCUT2D eigenvalue weighted by molar-refractivity contribution is -0.146. The SMILES string of the molecule is N[C@H](CCO)C(=O)OCc1cccs1. The molecule has 0 fully saturated rings. The molecule has 0 saturated heterocycles. The quantitative estimate of drug-likeness (QED) is 0.702. The Kier molecular flexibility index (Phi) is 4.58. The van der Waals surface area contributed by atoms with Crippen LogP contribution >= 0.6 is 11.3 Å². The first-order valence-corrected chi connectivity index (χ1v) is 5.17. The zero-order valence-electron chi connectivity index (χ0n) is 7.68. The van der Waals surface area contributed by atoms with E-state index in [4.69, 9.17) is 15.6 Å². The van der Waals surface area contributed by atoms with E-state index in [9.17, 15) is 4.79 Å². The summed E-state index contributed by atoms with van der Waals surface area (Å²) in [5, 5.41) is 10.5. The first-order chi connectivity index (χ1) is 6.74. The zero-order chi connectivity index (χ0) is 10.4. The lowest BCUT2D eigenvalue weighted by Crippen LogP contribution is -2.32. The van der Waals surface area contributed by atoms with Crippen LogP contribution in [0.5, 0.6) is 0 Å². The number of carbonyl (C=O) groups is 1. The predicted molar refractivity (Wildman–Crippen MR) is 53.8 cm³/mol. The van der Waals surface area contributed by atoms with Gasteiger partial charge in [-0.05, 0) is 17.9 Å². The third-order valence-corrected chi connectivity index (χ3v) is 2.53. The van der Waals surface area contributed by atoms with E-state index in [0.717, 1.165) is 4.88 Å². The number of carbonyl (C=O) groups excluding carboxylic acids is 1. The second-order valence-electron chi connectivity index (χ2n) is 2.81. The van der Waals surface area contributed by atoms with Gasteiger partial charge in [-0.15, -0.1) is 11.3 Å². The lowest BCUT2D eigenvalue weighted by atomic mass is 10.2. The van der Waals surface area contributed by atoms with Gasteiger partial charge in [0.05, 0.1) is 0 Å². The largest absolute Gasteiger partial charge is 0.459 e. The third-order valence-electron chi connectivity index (χ3n) is 1.68. The first kappa shape index (κ1) is 11.2. The zero-order valence-corrected chi connectivity index (χ0v) is 8.50. The molecule has 0 aliphatic rings. The second kappa shape index (κ2) is 5.74. The van der Waals surface area contributed by atoms with E-state index in [1.807, 2.05) is 17.5 Å². The minimum absolute atomic E-state index is 0.102. The Hall–Kier alpha value is -0.910. The summed E-state index contributed by atoms with van der Waals surface area (Å²) in [6, 6.07) is 3.05. The van der Waals surface area contributed by atoms with E-state index in [2.05, 4.69) is 0 Å². The van der Waals surface area contributed by atoms with Gasteiger partial charge in [-0.2, -0.15) is 0 Å². The van der Waals surface area contributed by atoms with Crippen molar-refractivity contribution in [2.45, 2.75) is 19.1 Å².